The molecule has 1 N–H and O–H groups in total. The van der Waals surface area contributed by atoms with Gasteiger partial charge in [-0.15, -0.1) is 0 Å². The molecule has 0 atom stereocenters. The van der Waals surface area contributed by atoms with Crippen molar-refractivity contribution in [3.8, 4) is 0 Å². The Hall–Kier alpha value is -1.44. The molecule has 1 saturated heterocycles. The average molecular weight is 433 g/mol. The monoisotopic (exact) mass is 432 g/mol. The summed E-state index contributed by atoms with van der Waals surface area (Å²) in [6, 6.07) is 7.58. The molecular weight excluding hydrogens is 400 g/mol. The third-order valence-corrected chi connectivity index (χ3v) is 9.61. The molecule has 0 unspecified atom stereocenters. The highest BCUT2D eigenvalue weighted by Gasteiger charge is 2.54. The summed E-state index contributed by atoms with van der Waals surface area (Å²) in [7, 11) is -3.39. The standard InChI is InChI=1S/C23H32N2O4S/c26-22(23-12-17-9-18(13-23)11-19(10-17)14-23)24-15-20-3-1-2-4-21(20)16-30(27,28)25-5-7-29-8-6-25/h1-4,17-19H,5-16H2,(H,24,26). The van der Waals surface area contributed by atoms with Crippen LogP contribution in [-0.2, 0) is 31.9 Å². The molecule has 164 valence electrons. The topological polar surface area (TPSA) is 75.7 Å². The Kier molecular flexibility index (Phi) is 5.40. The molecule has 4 saturated carbocycles. The summed E-state index contributed by atoms with van der Waals surface area (Å²) < 4.78 is 32.5. The summed E-state index contributed by atoms with van der Waals surface area (Å²) in [6.45, 7) is 2.11. The van der Waals surface area contributed by atoms with E-state index in [-0.39, 0.29) is 17.1 Å². The Morgan fingerprint density at radius 3 is 2.17 bits per heavy atom. The minimum Gasteiger partial charge on any atom is -0.379 e. The van der Waals surface area contributed by atoms with Crippen LogP contribution in [0.3, 0.4) is 0 Å². The van der Waals surface area contributed by atoms with Crippen LogP contribution in [-0.4, -0.2) is 44.9 Å². The summed E-state index contributed by atoms with van der Waals surface area (Å²) in [6.07, 6.45) is 7.06. The van der Waals surface area contributed by atoms with Crippen molar-refractivity contribution in [2.24, 2.45) is 23.2 Å². The minimum absolute atomic E-state index is 0.0313. The number of ether oxygens (including phenoxy) is 1. The predicted octanol–water partition coefficient (Wildman–Crippen LogP) is 2.68. The molecule has 0 radical (unpaired) electrons. The molecule has 0 spiro atoms. The van der Waals surface area contributed by atoms with E-state index in [0.29, 0.717) is 32.8 Å². The van der Waals surface area contributed by atoms with Crippen LogP contribution >= 0.6 is 0 Å². The largest absolute Gasteiger partial charge is 0.379 e. The van der Waals surface area contributed by atoms with Gasteiger partial charge in [-0.25, -0.2) is 8.42 Å². The number of morpholine rings is 1. The first kappa shape index (κ1) is 20.5. The Morgan fingerprint density at radius 1 is 1.00 bits per heavy atom. The van der Waals surface area contributed by atoms with Gasteiger partial charge in [-0.3, -0.25) is 4.79 Å². The average Bonchev–Trinajstić information content (AvgIpc) is 2.72. The molecule has 4 aliphatic carbocycles. The summed E-state index contributed by atoms with van der Waals surface area (Å²) in [5.74, 6) is 2.34. The number of rotatable bonds is 6. The lowest BCUT2D eigenvalue weighted by Crippen LogP contribution is -2.53. The smallest absolute Gasteiger partial charge is 0.226 e. The van der Waals surface area contributed by atoms with Gasteiger partial charge < -0.3 is 10.1 Å². The first-order chi connectivity index (χ1) is 14.4. The lowest BCUT2D eigenvalue weighted by molar-refractivity contribution is -0.146. The number of sulfonamides is 1. The molecule has 1 heterocycles. The second-order valence-electron chi connectivity index (χ2n) is 9.92. The fraction of sp³-hybridized carbons (Fsp3) is 0.696. The summed E-state index contributed by atoms with van der Waals surface area (Å²) in [4.78, 5) is 13.3. The van der Waals surface area contributed by atoms with E-state index in [1.807, 2.05) is 24.3 Å². The zero-order chi connectivity index (χ0) is 20.8. The summed E-state index contributed by atoms with van der Waals surface area (Å²) in [5.41, 5.74) is 1.49. The lowest BCUT2D eigenvalue weighted by Gasteiger charge is -2.55. The molecule has 0 aromatic heterocycles. The quantitative estimate of drug-likeness (QED) is 0.750. The van der Waals surface area contributed by atoms with Crippen LogP contribution in [0.1, 0.15) is 49.7 Å². The summed E-state index contributed by atoms with van der Waals surface area (Å²) in [5, 5.41) is 3.19. The third kappa shape index (κ3) is 3.92. The van der Waals surface area contributed by atoms with Crippen molar-refractivity contribution in [3.05, 3.63) is 35.4 Å². The van der Waals surface area contributed by atoms with Crippen molar-refractivity contribution in [3.63, 3.8) is 0 Å². The van der Waals surface area contributed by atoms with Crippen molar-refractivity contribution in [2.45, 2.75) is 50.8 Å². The van der Waals surface area contributed by atoms with E-state index < -0.39 is 10.0 Å². The van der Waals surface area contributed by atoms with Gasteiger partial charge in [-0.1, -0.05) is 24.3 Å². The molecule has 30 heavy (non-hydrogen) atoms. The maximum atomic E-state index is 13.3. The Balaban J connectivity index is 1.26. The summed E-state index contributed by atoms with van der Waals surface area (Å²) >= 11 is 0. The molecule has 6 nitrogen and oxygen atoms in total. The predicted molar refractivity (Wildman–Crippen MR) is 114 cm³/mol. The van der Waals surface area contributed by atoms with Crippen molar-refractivity contribution < 1.29 is 17.9 Å². The van der Waals surface area contributed by atoms with Crippen LogP contribution < -0.4 is 5.32 Å². The number of carbonyl (C=O) groups is 1. The normalized spacial score (nSPS) is 33.5. The molecule has 1 aromatic rings. The second kappa shape index (κ2) is 7.92. The Bertz CT molecular complexity index is 872. The maximum Gasteiger partial charge on any atom is 0.226 e. The van der Waals surface area contributed by atoms with E-state index in [1.165, 1.54) is 23.6 Å². The van der Waals surface area contributed by atoms with Gasteiger partial charge in [-0.2, -0.15) is 4.31 Å². The van der Waals surface area contributed by atoms with Gasteiger partial charge in [0, 0.05) is 25.0 Å². The molecule has 5 aliphatic rings. The SMILES string of the molecule is O=C(NCc1ccccc1CS(=O)(=O)N1CCOCC1)C12CC3CC(CC(C3)C1)C2. The zero-order valence-electron chi connectivity index (χ0n) is 17.5. The number of hydrogen-bond donors (Lipinski definition) is 1. The van der Waals surface area contributed by atoms with Crippen molar-refractivity contribution in [1.29, 1.82) is 0 Å². The maximum absolute atomic E-state index is 13.3. The van der Waals surface area contributed by atoms with Crippen LogP contribution in [0, 0.1) is 23.2 Å². The molecule has 1 amide bonds. The highest BCUT2D eigenvalue weighted by Crippen LogP contribution is 2.60. The van der Waals surface area contributed by atoms with E-state index in [4.69, 9.17) is 4.74 Å². The van der Waals surface area contributed by atoms with Crippen molar-refractivity contribution >= 4 is 15.9 Å². The van der Waals surface area contributed by atoms with E-state index in [0.717, 1.165) is 48.1 Å². The fourth-order valence-corrected chi connectivity index (χ4v) is 8.30. The Labute approximate surface area is 179 Å². The number of hydrogen-bond acceptors (Lipinski definition) is 4. The molecule has 1 aliphatic heterocycles. The van der Waals surface area contributed by atoms with E-state index in [1.54, 1.807) is 0 Å². The van der Waals surface area contributed by atoms with Crippen LogP contribution in [0.5, 0.6) is 0 Å². The fourth-order valence-electron chi connectivity index (χ4n) is 6.74. The van der Waals surface area contributed by atoms with Gasteiger partial charge in [0.05, 0.1) is 19.0 Å². The number of amides is 1. The molecule has 1 aromatic carbocycles. The van der Waals surface area contributed by atoms with Crippen LogP contribution in [0.2, 0.25) is 0 Å². The Morgan fingerprint density at radius 2 is 1.57 bits per heavy atom. The van der Waals surface area contributed by atoms with Crippen LogP contribution in [0.25, 0.3) is 0 Å². The van der Waals surface area contributed by atoms with Gasteiger partial charge in [0.1, 0.15) is 0 Å². The van der Waals surface area contributed by atoms with Crippen LogP contribution in [0.15, 0.2) is 24.3 Å². The van der Waals surface area contributed by atoms with E-state index >= 15 is 0 Å². The van der Waals surface area contributed by atoms with Crippen molar-refractivity contribution in [1.82, 2.24) is 9.62 Å². The van der Waals surface area contributed by atoms with Crippen molar-refractivity contribution in [2.75, 3.05) is 26.3 Å². The highest BCUT2D eigenvalue weighted by atomic mass is 32.2. The first-order valence-corrected chi connectivity index (χ1v) is 13.0. The zero-order valence-corrected chi connectivity index (χ0v) is 18.3. The van der Waals surface area contributed by atoms with Crippen LogP contribution in [0.4, 0.5) is 0 Å². The van der Waals surface area contributed by atoms with Gasteiger partial charge in [0.15, 0.2) is 0 Å². The van der Waals surface area contributed by atoms with Gasteiger partial charge in [0.2, 0.25) is 15.9 Å². The molecule has 4 bridgehead atoms. The molecule has 5 fully saturated rings. The number of nitrogens with one attached hydrogen (secondary N) is 1. The van der Waals surface area contributed by atoms with Gasteiger partial charge >= 0.3 is 0 Å². The van der Waals surface area contributed by atoms with Gasteiger partial charge in [-0.05, 0) is 67.4 Å². The lowest BCUT2D eigenvalue weighted by atomic mass is 9.49. The number of nitrogens with zero attached hydrogens (tertiary/aromatic N) is 1. The third-order valence-electron chi connectivity index (χ3n) is 7.78. The molecular formula is C23H32N2O4S. The molecule has 6 rings (SSSR count). The second-order valence-corrected chi connectivity index (χ2v) is 11.9. The molecule has 7 heteroatoms. The van der Waals surface area contributed by atoms with Gasteiger partial charge in [0.25, 0.3) is 0 Å². The highest BCUT2D eigenvalue weighted by molar-refractivity contribution is 7.88. The van der Waals surface area contributed by atoms with E-state index in [9.17, 15) is 13.2 Å². The van der Waals surface area contributed by atoms with E-state index in [2.05, 4.69) is 5.32 Å². The number of carbonyl (C=O) groups excluding carboxylic acids is 1. The number of benzene rings is 1. The first-order valence-electron chi connectivity index (χ1n) is 11.3. The minimum atomic E-state index is -3.39.